The molecule has 2 aliphatic carbocycles. The van der Waals surface area contributed by atoms with Crippen LogP contribution in [0.1, 0.15) is 33.1 Å². The monoisotopic (exact) mass is 594 g/mol. The Hall–Kier alpha value is -1.10. The van der Waals surface area contributed by atoms with Crippen molar-refractivity contribution in [2.24, 2.45) is 16.7 Å². The summed E-state index contributed by atoms with van der Waals surface area (Å²) in [5.74, 6) is 0.205. The first kappa shape index (κ1) is 20.2. The van der Waals surface area contributed by atoms with Crippen LogP contribution in [0.25, 0.3) is 0 Å². The fraction of sp³-hybridized carbons (Fsp3) is 0.409. The first-order valence-corrected chi connectivity index (χ1v) is 16.1. The number of carbonyl (C=O) groups is 1. The average molecular weight is 594 g/mol. The van der Waals surface area contributed by atoms with Gasteiger partial charge in [-0.25, -0.2) is 0 Å². The van der Waals surface area contributed by atoms with Crippen molar-refractivity contribution in [3.05, 3.63) is 60.7 Å². The van der Waals surface area contributed by atoms with Crippen LogP contribution in [0, 0.1) is 16.7 Å². The van der Waals surface area contributed by atoms with Crippen LogP contribution in [0.5, 0.6) is 0 Å². The van der Waals surface area contributed by atoms with E-state index in [1.165, 1.54) is 0 Å². The maximum atomic E-state index is 13.2. The molecule has 2 bridgehead atoms. The van der Waals surface area contributed by atoms with Crippen molar-refractivity contribution in [2.75, 3.05) is 5.75 Å². The molecule has 4 nitrogen and oxygen atoms in total. The van der Waals surface area contributed by atoms with Gasteiger partial charge in [-0.15, -0.1) is 0 Å². The van der Waals surface area contributed by atoms with Crippen molar-refractivity contribution in [2.45, 2.75) is 33.1 Å². The number of benzene rings is 2. The predicted octanol–water partition coefficient (Wildman–Crippen LogP) is 2.53. The number of hydrogen-bond donors (Lipinski definition) is 0. The number of carbonyl (C=O) groups excluding carboxylic acids is 1. The Morgan fingerprint density at radius 3 is 1.96 bits per heavy atom. The molecule has 2 fully saturated rings. The van der Waals surface area contributed by atoms with Crippen LogP contribution in [-0.4, -0.2) is 42.1 Å². The molecule has 0 N–H and O–H groups in total. The molecule has 0 aliphatic heterocycles. The van der Waals surface area contributed by atoms with Crippen molar-refractivity contribution >= 4 is 44.6 Å². The number of rotatable bonds is 6. The van der Waals surface area contributed by atoms with E-state index in [0.29, 0.717) is 12.8 Å². The van der Waals surface area contributed by atoms with Crippen LogP contribution in [0.3, 0.4) is 0 Å². The minimum atomic E-state index is -3.84. The Bertz CT molecular complexity index is 933. The Morgan fingerprint density at radius 2 is 1.54 bits per heavy atom. The fourth-order valence-corrected chi connectivity index (χ4v) is 16.5. The van der Waals surface area contributed by atoms with Gasteiger partial charge in [-0.2, -0.15) is 0 Å². The molecule has 0 heterocycles. The van der Waals surface area contributed by atoms with Gasteiger partial charge < -0.3 is 0 Å². The molecule has 2 aliphatic rings. The molecule has 0 saturated heterocycles. The van der Waals surface area contributed by atoms with E-state index in [9.17, 15) is 13.2 Å². The van der Waals surface area contributed by atoms with Crippen LogP contribution in [-0.2, 0) is 17.2 Å². The van der Waals surface area contributed by atoms with E-state index in [2.05, 4.69) is 13.8 Å². The van der Waals surface area contributed by atoms with Crippen molar-refractivity contribution in [1.29, 1.82) is 0 Å². The first-order valence-electron chi connectivity index (χ1n) is 9.61. The van der Waals surface area contributed by atoms with Crippen molar-refractivity contribution in [3.63, 3.8) is 0 Å². The molecule has 2 atom stereocenters. The van der Waals surface area contributed by atoms with Gasteiger partial charge >= 0.3 is 176 Å². The van der Waals surface area contributed by atoms with E-state index in [1.807, 2.05) is 60.7 Å². The van der Waals surface area contributed by atoms with Crippen LogP contribution in [0.15, 0.2) is 60.7 Å². The van der Waals surface area contributed by atoms with E-state index < -0.39 is 37.7 Å². The summed E-state index contributed by atoms with van der Waals surface area (Å²) in [6.45, 7) is 4.11. The van der Waals surface area contributed by atoms with Gasteiger partial charge in [0.15, 0.2) is 0 Å². The maximum absolute atomic E-state index is 13.2. The number of Topliss-reactive ketones (excluding diaryl/α,β-unsaturated/α-hetero) is 1. The van der Waals surface area contributed by atoms with Gasteiger partial charge in [-0.1, -0.05) is 0 Å². The van der Waals surface area contributed by atoms with Gasteiger partial charge in [0.1, 0.15) is 0 Å². The molecular formula is C22H25BiO4S. The summed E-state index contributed by atoms with van der Waals surface area (Å²) in [7, 11) is -3.84. The summed E-state index contributed by atoms with van der Waals surface area (Å²) < 4.78 is 34.4. The molecule has 6 heteroatoms. The van der Waals surface area contributed by atoms with E-state index in [-0.39, 0.29) is 22.9 Å². The third kappa shape index (κ3) is 3.38. The van der Waals surface area contributed by atoms with E-state index in [4.69, 9.17) is 2.26 Å². The topological polar surface area (TPSA) is 60.4 Å². The Balaban J connectivity index is 1.66. The summed E-state index contributed by atoms with van der Waals surface area (Å²) >= 11 is -3.22. The molecule has 2 aromatic rings. The van der Waals surface area contributed by atoms with Crippen LogP contribution in [0.2, 0.25) is 0 Å². The minimum absolute atomic E-state index is 0.103. The molecule has 0 spiro atoms. The quantitative estimate of drug-likeness (QED) is 0.483. The number of fused-ring (bicyclic) bond motifs is 2. The summed E-state index contributed by atoms with van der Waals surface area (Å²) in [4.78, 5) is 12.8. The molecule has 148 valence electrons. The van der Waals surface area contributed by atoms with Crippen molar-refractivity contribution < 1.29 is 15.5 Å². The first-order chi connectivity index (χ1) is 13.3. The zero-order chi connectivity index (χ0) is 20.0. The second-order valence-electron chi connectivity index (χ2n) is 8.41. The van der Waals surface area contributed by atoms with Gasteiger partial charge in [0, 0.05) is 0 Å². The second-order valence-corrected chi connectivity index (χ2v) is 18.0. The molecule has 4 rings (SSSR count). The molecule has 2 aromatic carbocycles. The van der Waals surface area contributed by atoms with Gasteiger partial charge in [0.25, 0.3) is 0 Å². The average Bonchev–Trinajstić information content (AvgIpc) is 3.01. The third-order valence-electron chi connectivity index (χ3n) is 6.73. The molecule has 0 aromatic heterocycles. The van der Waals surface area contributed by atoms with Crippen LogP contribution >= 0.6 is 0 Å². The standard InChI is InChI=1S/C10H16O4S.2C6H5.Bi/c1-9(2)7-3-4-10(9,8(11)5-7)6-15(12,13)14;2*1-2-4-6-5-3-1;/h7H,3-6H2,1-2H3,(H,12,13,14);2*1-5H;/q;;;+1/p-1. The van der Waals surface area contributed by atoms with Gasteiger partial charge in [0.2, 0.25) is 0 Å². The Kier molecular flexibility index (Phi) is 5.26. The summed E-state index contributed by atoms with van der Waals surface area (Å²) in [5.41, 5.74) is -1.08. The van der Waals surface area contributed by atoms with Crippen molar-refractivity contribution in [3.8, 4) is 0 Å². The molecule has 0 amide bonds. The van der Waals surface area contributed by atoms with Gasteiger partial charge in [0.05, 0.1) is 0 Å². The Morgan fingerprint density at radius 1 is 1.00 bits per heavy atom. The van der Waals surface area contributed by atoms with Crippen LogP contribution < -0.4 is 6.54 Å². The second kappa shape index (κ2) is 7.30. The van der Waals surface area contributed by atoms with Gasteiger partial charge in [-0.05, 0) is 0 Å². The summed E-state index contributed by atoms with van der Waals surface area (Å²) in [5, 5.41) is 0. The number of ketones is 1. The summed E-state index contributed by atoms with van der Waals surface area (Å²) in [6, 6.07) is 19.3. The summed E-state index contributed by atoms with van der Waals surface area (Å²) in [6.07, 6.45) is 2.09. The Labute approximate surface area is 175 Å². The zero-order valence-corrected chi connectivity index (χ0v) is 20.5. The van der Waals surface area contributed by atoms with E-state index >= 15 is 0 Å². The van der Waals surface area contributed by atoms with Crippen LogP contribution in [0.4, 0.5) is 0 Å². The van der Waals surface area contributed by atoms with Gasteiger partial charge in [-0.3, -0.25) is 0 Å². The van der Waals surface area contributed by atoms with E-state index in [0.717, 1.165) is 13.0 Å². The number of hydrogen-bond acceptors (Lipinski definition) is 4. The SMILES string of the molecule is CC1(C)C2CCC1(CS(=O)(=O)[O][Bi]([c]1ccccc1)[c]1ccccc1)C(=O)C2. The molecular weight excluding hydrogens is 569 g/mol. The molecule has 0 radical (unpaired) electrons. The van der Waals surface area contributed by atoms with E-state index in [1.54, 1.807) is 0 Å². The fourth-order valence-electron chi connectivity index (χ4n) is 4.91. The third-order valence-corrected chi connectivity index (χ3v) is 18.3. The normalized spacial score (nSPS) is 26.1. The molecule has 2 saturated carbocycles. The zero-order valence-electron chi connectivity index (χ0n) is 16.2. The molecule has 2 unspecified atom stereocenters. The predicted molar refractivity (Wildman–Crippen MR) is 111 cm³/mol. The molecule has 28 heavy (non-hydrogen) atoms. The van der Waals surface area contributed by atoms with Crippen molar-refractivity contribution in [1.82, 2.24) is 0 Å².